The zero-order valence-electron chi connectivity index (χ0n) is 11.1. The van der Waals surface area contributed by atoms with Gasteiger partial charge in [0, 0.05) is 17.1 Å². The van der Waals surface area contributed by atoms with Gasteiger partial charge in [0.15, 0.2) is 5.82 Å². The van der Waals surface area contributed by atoms with Crippen LogP contribution in [0.4, 0.5) is 5.82 Å². The number of aromatic nitrogens is 2. The highest BCUT2D eigenvalue weighted by molar-refractivity contribution is 7.19. The Kier molecular flexibility index (Phi) is 4.00. The fourth-order valence-corrected chi connectivity index (χ4v) is 3.37. The molecule has 0 unspecified atom stereocenters. The molecule has 1 aliphatic rings. The van der Waals surface area contributed by atoms with Crippen LogP contribution < -0.4 is 10.6 Å². The van der Waals surface area contributed by atoms with Gasteiger partial charge in [0.25, 0.3) is 0 Å². The lowest BCUT2D eigenvalue weighted by Gasteiger charge is -2.10. The fraction of sp³-hybridized carbons (Fsp3) is 0.286. The molecule has 0 saturated carbocycles. The predicted octanol–water partition coefficient (Wildman–Crippen LogP) is 3.71. The van der Waals surface area contributed by atoms with Crippen molar-refractivity contribution in [3.8, 4) is 0 Å². The van der Waals surface area contributed by atoms with Crippen molar-refractivity contribution in [2.75, 3.05) is 12.4 Å². The molecule has 20 heavy (non-hydrogen) atoms. The highest BCUT2D eigenvalue weighted by atomic mass is 35.5. The van der Waals surface area contributed by atoms with Gasteiger partial charge >= 0.3 is 0 Å². The van der Waals surface area contributed by atoms with Gasteiger partial charge in [-0.15, -0.1) is 11.3 Å². The number of allylic oxidation sites excluding steroid dienone is 3. The second kappa shape index (κ2) is 5.91. The topological polar surface area (TPSA) is 49.8 Å². The van der Waals surface area contributed by atoms with Gasteiger partial charge in [-0.3, -0.25) is 0 Å². The van der Waals surface area contributed by atoms with Crippen LogP contribution in [0.5, 0.6) is 0 Å². The fourth-order valence-electron chi connectivity index (χ4n) is 2.14. The van der Waals surface area contributed by atoms with E-state index in [4.69, 9.17) is 11.6 Å². The van der Waals surface area contributed by atoms with E-state index in [1.54, 1.807) is 11.3 Å². The van der Waals surface area contributed by atoms with Crippen LogP contribution in [0.15, 0.2) is 30.0 Å². The van der Waals surface area contributed by atoms with E-state index in [2.05, 4.69) is 44.9 Å². The summed E-state index contributed by atoms with van der Waals surface area (Å²) in [7, 11) is 1.93. The number of nitrogens with zero attached hydrogens (tertiary/aromatic N) is 2. The first-order valence-corrected chi connectivity index (χ1v) is 7.70. The van der Waals surface area contributed by atoms with Crippen LogP contribution in [-0.2, 0) is 6.54 Å². The first-order chi connectivity index (χ1) is 9.76. The normalized spacial score (nSPS) is 14.6. The van der Waals surface area contributed by atoms with Crippen molar-refractivity contribution in [2.45, 2.75) is 19.4 Å². The van der Waals surface area contributed by atoms with Crippen molar-refractivity contribution in [1.29, 1.82) is 0 Å². The van der Waals surface area contributed by atoms with Crippen molar-refractivity contribution in [2.24, 2.45) is 0 Å². The summed E-state index contributed by atoms with van der Waals surface area (Å²) >= 11 is 7.70. The molecular formula is C14H15ClN4S. The minimum Gasteiger partial charge on any atom is -0.339 e. The molecule has 0 atom stereocenters. The first kappa shape index (κ1) is 13.5. The van der Waals surface area contributed by atoms with Crippen LogP contribution >= 0.6 is 22.9 Å². The number of hydrogen-bond donors (Lipinski definition) is 2. The Labute approximate surface area is 126 Å². The van der Waals surface area contributed by atoms with Gasteiger partial charge in [-0.1, -0.05) is 12.2 Å². The second-order valence-electron chi connectivity index (χ2n) is 4.56. The molecule has 0 bridgehead atoms. The third kappa shape index (κ3) is 2.85. The minimum atomic E-state index is 0.272. The molecule has 2 aromatic heterocycles. The lowest BCUT2D eigenvalue weighted by atomic mass is 10.1. The maximum absolute atomic E-state index is 6.02. The Morgan fingerprint density at radius 2 is 2.25 bits per heavy atom. The lowest BCUT2D eigenvalue weighted by molar-refractivity contribution is 0.832. The van der Waals surface area contributed by atoms with Gasteiger partial charge < -0.3 is 10.6 Å². The molecule has 6 heteroatoms. The van der Waals surface area contributed by atoms with E-state index in [-0.39, 0.29) is 5.28 Å². The standard InChI is InChI=1S/C14H15ClN4S/c1-16-8-10-7-11-12(20-10)13(19-14(15)18-11)17-9-5-3-2-4-6-9/h3,5-7,16H,2,4,8H2,1H3,(H,17,18,19). The average Bonchev–Trinajstić information content (AvgIpc) is 2.83. The summed E-state index contributed by atoms with van der Waals surface area (Å²) in [6, 6.07) is 2.06. The van der Waals surface area contributed by atoms with Gasteiger partial charge in [-0.05, 0) is 43.6 Å². The highest BCUT2D eigenvalue weighted by Crippen LogP contribution is 2.31. The molecule has 3 rings (SSSR count). The number of nitrogens with one attached hydrogen (secondary N) is 2. The van der Waals surface area contributed by atoms with Crippen molar-refractivity contribution in [3.05, 3.63) is 40.2 Å². The van der Waals surface area contributed by atoms with Gasteiger partial charge in [-0.25, -0.2) is 4.98 Å². The molecule has 104 valence electrons. The molecule has 2 N–H and O–H groups in total. The lowest BCUT2D eigenvalue weighted by Crippen LogP contribution is -2.02. The predicted molar refractivity (Wildman–Crippen MR) is 85.3 cm³/mol. The van der Waals surface area contributed by atoms with E-state index in [1.165, 1.54) is 4.88 Å². The number of fused-ring (bicyclic) bond motifs is 1. The minimum absolute atomic E-state index is 0.272. The number of thiophene rings is 1. The summed E-state index contributed by atoms with van der Waals surface area (Å²) in [5, 5.41) is 6.77. The smallest absolute Gasteiger partial charge is 0.224 e. The van der Waals surface area contributed by atoms with E-state index >= 15 is 0 Å². The molecule has 1 aliphatic carbocycles. The van der Waals surface area contributed by atoms with E-state index in [9.17, 15) is 0 Å². The molecule has 0 amide bonds. The third-order valence-electron chi connectivity index (χ3n) is 3.00. The Morgan fingerprint density at radius 1 is 1.35 bits per heavy atom. The third-order valence-corrected chi connectivity index (χ3v) is 4.30. The van der Waals surface area contributed by atoms with Crippen molar-refractivity contribution in [3.63, 3.8) is 0 Å². The van der Waals surface area contributed by atoms with Gasteiger partial charge in [-0.2, -0.15) is 4.98 Å². The number of halogens is 1. The number of rotatable bonds is 4. The Balaban J connectivity index is 1.99. The molecule has 0 saturated heterocycles. The summed E-state index contributed by atoms with van der Waals surface area (Å²) in [5.41, 5.74) is 1.96. The average molecular weight is 307 g/mol. The molecule has 0 aliphatic heterocycles. The first-order valence-electron chi connectivity index (χ1n) is 6.50. The molecule has 2 aromatic rings. The van der Waals surface area contributed by atoms with Crippen LogP contribution in [-0.4, -0.2) is 17.0 Å². The van der Waals surface area contributed by atoms with E-state index in [0.29, 0.717) is 0 Å². The Morgan fingerprint density at radius 3 is 3.00 bits per heavy atom. The van der Waals surface area contributed by atoms with Crippen LogP contribution in [0.3, 0.4) is 0 Å². The van der Waals surface area contributed by atoms with Gasteiger partial charge in [0.2, 0.25) is 5.28 Å². The zero-order chi connectivity index (χ0) is 13.9. The molecule has 0 fully saturated rings. The molecule has 2 heterocycles. The maximum Gasteiger partial charge on any atom is 0.224 e. The largest absolute Gasteiger partial charge is 0.339 e. The summed E-state index contributed by atoms with van der Waals surface area (Å²) < 4.78 is 1.04. The van der Waals surface area contributed by atoms with Gasteiger partial charge in [0.05, 0.1) is 10.2 Å². The maximum atomic E-state index is 6.02. The summed E-state index contributed by atoms with van der Waals surface area (Å²) in [5.74, 6) is 0.783. The summed E-state index contributed by atoms with van der Waals surface area (Å²) in [6.07, 6.45) is 8.55. The van der Waals surface area contributed by atoms with Crippen molar-refractivity contribution in [1.82, 2.24) is 15.3 Å². The molecule has 0 aromatic carbocycles. The van der Waals surface area contributed by atoms with E-state index in [1.807, 2.05) is 7.05 Å². The van der Waals surface area contributed by atoms with Crippen LogP contribution in [0.1, 0.15) is 17.7 Å². The number of anilines is 1. The molecule has 0 spiro atoms. The van der Waals surface area contributed by atoms with Crippen molar-refractivity contribution >= 4 is 39.0 Å². The van der Waals surface area contributed by atoms with Crippen LogP contribution in [0.2, 0.25) is 5.28 Å². The molecular weight excluding hydrogens is 292 g/mol. The summed E-state index contributed by atoms with van der Waals surface area (Å²) in [4.78, 5) is 9.84. The van der Waals surface area contributed by atoms with Gasteiger partial charge in [0.1, 0.15) is 0 Å². The molecule has 4 nitrogen and oxygen atoms in total. The quantitative estimate of drug-likeness (QED) is 0.846. The Hall–Kier alpha value is -1.43. The number of hydrogen-bond acceptors (Lipinski definition) is 5. The molecule has 0 radical (unpaired) electrons. The Bertz CT molecular complexity index is 690. The monoisotopic (exact) mass is 306 g/mol. The highest BCUT2D eigenvalue weighted by Gasteiger charge is 2.12. The zero-order valence-corrected chi connectivity index (χ0v) is 12.7. The summed E-state index contributed by atoms with van der Waals surface area (Å²) in [6.45, 7) is 0.820. The van der Waals surface area contributed by atoms with E-state index in [0.717, 1.165) is 41.1 Å². The second-order valence-corrected chi connectivity index (χ2v) is 6.04. The van der Waals surface area contributed by atoms with E-state index < -0.39 is 0 Å². The van der Waals surface area contributed by atoms with Crippen LogP contribution in [0, 0.1) is 0 Å². The van der Waals surface area contributed by atoms with Crippen molar-refractivity contribution < 1.29 is 0 Å². The SMILES string of the molecule is CNCc1cc2nc(Cl)nc(NC3=CCCC=C3)c2s1. The van der Waals surface area contributed by atoms with Crippen LogP contribution in [0.25, 0.3) is 10.2 Å².